The number of aliphatic carboxylic acids is 1. The Morgan fingerprint density at radius 2 is 1.95 bits per heavy atom. The highest BCUT2D eigenvalue weighted by molar-refractivity contribution is 8.00. The molecule has 1 aromatic rings. The van der Waals surface area contributed by atoms with E-state index in [9.17, 15) is 24.3 Å². The van der Waals surface area contributed by atoms with Gasteiger partial charge in [-0.1, -0.05) is 25.3 Å². The zero-order valence-corrected chi connectivity index (χ0v) is 24.3. The number of carboxylic acid groups (broad SMARTS) is 1. The lowest BCUT2D eigenvalue weighted by molar-refractivity contribution is -0.146. The molecule has 3 N–H and O–H groups in total. The van der Waals surface area contributed by atoms with Crippen molar-refractivity contribution < 1.29 is 33.8 Å². The normalized spacial score (nSPS) is 18.9. The summed E-state index contributed by atoms with van der Waals surface area (Å²) < 4.78 is 10.5. The maximum Gasteiger partial charge on any atom is 0.407 e. The van der Waals surface area contributed by atoms with Crippen LogP contribution in [0.4, 0.5) is 4.79 Å². The number of ether oxygens (including phenoxy) is 2. The Balaban J connectivity index is 1.90. The van der Waals surface area contributed by atoms with Crippen molar-refractivity contribution in [1.82, 2.24) is 15.5 Å². The van der Waals surface area contributed by atoms with Gasteiger partial charge in [-0.25, -0.2) is 4.79 Å². The van der Waals surface area contributed by atoms with Gasteiger partial charge in [-0.05, 0) is 52.0 Å². The summed E-state index contributed by atoms with van der Waals surface area (Å²) in [7, 11) is 0. The van der Waals surface area contributed by atoms with Gasteiger partial charge in [0.05, 0.1) is 17.9 Å². The summed E-state index contributed by atoms with van der Waals surface area (Å²) >= 11 is 3.01. The Hall–Kier alpha value is -2.31. The van der Waals surface area contributed by atoms with Crippen LogP contribution in [0, 0.1) is 0 Å². The van der Waals surface area contributed by atoms with Gasteiger partial charge in [0.2, 0.25) is 5.91 Å². The summed E-state index contributed by atoms with van der Waals surface area (Å²) in [5.41, 5.74) is -0.530. The Morgan fingerprint density at radius 1 is 1.21 bits per heavy atom. The lowest BCUT2D eigenvalue weighted by atomic mass is 10.1. The number of hydrogen-bond acceptors (Lipinski definition) is 9. The molecule has 1 saturated heterocycles. The van der Waals surface area contributed by atoms with Crippen molar-refractivity contribution in [2.24, 2.45) is 0 Å². The molecule has 0 saturated carbocycles. The molecular formula is C26H41N3O7S2. The molecule has 0 unspecified atom stereocenters. The van der Waals surface area contributed by atoms with Gasteiger partial charge in [-0.2, -0.15) is 0 Å². The van der Waals surface area contributed by atoms with Crippen molar-refractivity contribution in [3.05, 3.63) is 22.4 Å². The van der Waals surface area contributed by atoms with Gasteiger partial charge in [0.1, 0.15) is 18.2 Å². The quantitative estimate of drug-likeness (QED) is 0.225. The number of alkyl carbamates (subject to hydrolysis) is 1. The molecule has 0 aliphatic carbocycles. The summed E-state index contributed by atoms with van der Waals surface area (Å²) in [5, 5.41) is 17.1. The van der Waals surface area contributed by atoms with Crippen LogP contribution >= 0.6 is 23.1 Å². The Morgan fingerprint density at radius 3 is 2.58 bits per heavy atom. The average Bonchev–Trinajstić information content (AvgIpc) is 3.30. The maximum absolute atomic E-state index is 13.2. The summed E-state index contributed by atoms with van der Waals surface area (Å²) in [6, 6.07) is 3.21. The fourth-order valence-electron chi connectivity index (χ4n) is 4.01. The second-order valence-corrected chi connectivity index (χ2v) is 12.3. The van der Waals surface area contributed by atoms with E-state index in [0.29, 0.717) is 18.7 Å². The first-order valence-electron chi connectivity index (χ1n) is 13.0. The molecule has 0 spiro atoms. The van der Waals surface area contributed by atoms with E-state index in [1.165, 1.54) is 28.0 Å². The van der Waals surface area contributed by atoms with Crippen LogP contribution in [0.2, 0.25) is 0 Å². The summed E-state index contributed by atoms with van der Waals surface area (Å²) in [6.07, 6.45) is 3.45. The summed E-state index contributed by atoms with van der Waals surface area (Å²) in [4.78, 5) is 51.3. The fourth-order valence-corrected chi connectivity index (χ4v) is 6.23. The SMILES string of the molecule is CCOC(=O)[C@H](CCCCCCNC(=O)OC(C)(C)C)N[C@@H]1CN(CC(=O)O)C(=O)[C@@H](c2cccs2)CS1. The molecule has 1 aliphatic rings. The molecule has 0 aromatic carbocycles. The van der Waals surface area contributed by atoms with Gasteiger partial charge in [-0.3, -0.25) is 19.7 Å². The predicted octanol–water partition coefficient (Wildman–Crippen LogP) is 3.81. The number of carbonyl (C=O) groups excluding carboxylic acids is 3. The fraction of sp³-hybridized carbons (Fsp3) is 0.692. The first kappa shape index (κ1) is 31.9. The number of thioether (sulfide) groups is 1. The van der Waals surface area contributed by atoms with E-state index in [-0.39, 0.29) is 36.9 Å². The third kappa shape index (κ3) is 11.6. The second-order valence-electron chi connectivity index (χ2n) is 10.1. The van der Waals surface area contributed by atoms with Crippen LogP contribution in [0.25, 0.3) is 0 Å². The van der Waals surface area contributed by atoms with Crippen LogP contribution < -0.4 is 10.6 Å². The van der Waals surface area contributed by atoms with Crippen LogP contribution in [0.1, 0.15) is 70.6 Å². The van der Waals surface area contributed by atoms with Crippen LogP contribution in [0.3, 0.4) is 0 Å². The zero-order valence-electron chi connectivity index (χ0n) is 22.7. The topological polar surface area (TPSA) is 134 Å². The molecule has 1 aliphatic heterocycles. The molecule has 10 nitrogen and oxygen atoms in total. The minimum Gasteiger partial charge on any atom is -0.480 e. The minimum absolute atomic E-state index is 0.184. The van der Waals surface area contributed by atoms with Crippen LogP contribution in [-0.4, -0.2) is 83.0 Å². The van der Waals surface area contributed by atoms with E-state index in [2.05, 4.69) is 10.6 Å². The Kier molecular flexibility index (Phi) is 13.4. The maximum atomic E-state index is 13.2. The summed E-state index contributed by atoms with van der Waals surface area (Å²) in [5.74, 6) is -1.56. The molecular weight excluding hydrogens is 530 g/mol. The van der Waals surface area contributed by atoms with Crippen molar-refractivity contribution in [3.8, 4) is 0 Å². The highest BCUT2D eigenvalue weighted by Gasteiger charge is 2.35. The first-order valence-corrected chi connectivity index (χ1v) is 15.0. The van der Waals surface area contributed by atoms with Crippen molar-refractivity contribution >= 4 is 47.0 Å². The number of thiophene rings is 1. The molecule has 1 fully saturated rings. The number of amides is 2. The zero-order chi connectivity index (χ0) is 28.1. The van der Waals surface area contributed by atoms with Gasteiger partial charge in [0.25, 0.3) is 0 Å². The number of nitrogens with one attached hydrogen (secondary N) is 2. The Bertz CT molecular complexity index is 905. The Labute approximate surface area is 233 Å². The molecule has 214 valence electrons. The van der Waals surface area contributed by atoms with Gasteiger partial charge in [0, 0.05) is 23.7 Å². The molecule has 2 amide bonds. The van der Waals surface area contributed by atoms with Gasteiger partial charge in [-0.15, -0.1) is 23.1 Å². The minimum atomic E-state index is -1.07. The molecule has 0 bridgehead atoms. The average molecular weight is 572 g/mol. The number of hydrogen-bond donors (Lipinski definition) is 3. The lowest BCUT2D eigenvalue weighted by Crippen LogP contribution is -2.49. The monoisotopic (exact) mass is 571 g/mol. The molecule has 2 rings (SSSR count). The number of unbranched alkanes of at least 4 members (excludes halogenated alkanes) is 3. The standard InChI is InChI=1S/C26H41N3O7S2/c1-5-35-24(33)19(11-8-6-7-9-13-27-25(34)36-26(2,3)4)28-21-15-29(16-22(30)31)23(32)18(17-38-21)20-12-10-14-37-20/h10,12,14,18-19,21,28H,5-9,11,13,15-17H2,1-4H3,(H,27,34)(H,30,31)/t18-,19+,21+/m1/s1. The number of rotatable bonds is 14. The number of carboxylic acids is 1. The number of nitrogens with zero attached hydrogens (tertiary/aromatic N) is 1. The molecule has 1 aromatic heterocycles. The lowest BCUT2D eigenvalue weighted by Gasteiger charge is -2.27. The van der Waals surface area contributed by atoms with E-state index in [0.717, 1.165) is 30.6 Å². The van der Waals surface area contributed by atoms with Crippen molar-refractivity contribution in [3.63, 3.8) is 0 Å². The highest BCUT2D eigenvalue weighted by atomic mass is 32.2. The summed E-state index contributed by atoms with van der Waals surface area (Å²) in [6.45, 7) is 7.78. The van der Waals surface area contributed by atoms with Crippen LogP contribution in [0.15, 0.2) is 17.5 Å². The van der Waals surface area contributed by atoms with E-state index in [1.807, 2.05) is 38.3 Å². The third-order valence-corrected chi connectivity index (χ3v) is 7.92. The largest absolute Gasteiger partial charge is 0.480 e. The third-order valence-electron chi connectivity index (χ3n) is 5.72. The van der Waals surface area contributed by atoms with Crippen molar-refractivity contribution in [1.29, 1.82) is 0 Å². The molecule has 3 atom stereocenters. The first-order chi connectivity index (χ1) is 18.0. The van der Waals surface area contributed by atoms with E-state index < -0.39 is 29.6 Å². The van der Waals surface area contributed by atoms with Crippen LogP contribution in [0.5, 0.6) is 0 Å². The predicted molar refractivity (Wildman–Crippen MR) is 148 cm³/mol. The molecule has 0 radical (unpaired) electrons. The van der Waals surface area contributed by atoms with Gasteiger partial charge in [0.15, 0.2) is 0 Å². The number of carbonyl (C=O) groups is 4. The highest BCUT2D eigenvalue weighted by Crippen LogP contribution is 2.32. The van der Waals surface area contributed by atoms with Crippen molar-refractivity contribution in [2.75, 3.05) is 32.0 Å². The van der Waals surface area contributed by atoms with E-state index >= 15 is 0 Å². The number of esters is 1. The molecule has 2 heterocycles. The molecule has 12 heteroatoms. The molecule has 38 heavy (non-hydrogen) atoms. The van der Waals surface area contributed by atoms with E-state index in [1.54, 1.807) is 6.92 Å². The smallest absolute Gasteiger partial charge is 0.407 e. The van der Waals surface area contributed by atoms with Gasteiger partial charge < -0.3 is 24.8 Å². The van der Waals surface area contributed by atoms with E-state index in [4.69, 9.17) is 9.47 Å². The van der Waals surface area contributed by atoms with Gasteiger partial charge >= 0.3 is 18.0 Å². The second kappa shape index (κ2) is 15.9. The van der Waals surface area contributed by atoms with Crippen molar-refractivity contribution in [2.45, 2.75) is 82.7 Å². The van der Waals surface area contributed by atoms with Crippen LogP contribution in [-0.2, 0) is 23.9 Å².